The summed E-state index contributed by atoms with van der Waals surface area (Å²) in [4.78, 5) is 12.7. The molecule has 36 heavy (non-hydrogen) atoms. The van der Waals surface area contributed by atoms with Crippen LogP contribution in [0.15, 0.2) is 66.0 Å². The molecule has 5 rings (SSSR count). The Kier molecular flexibility index (Phi) is 6.13. The molecule has 2 aromatic carbocycles. The first kappa shape index (κ1) is 24.1. The van der Waals surface area contributed by atoms with Crippen LogP contribution in [0.5, 0.6) is 0 Å². The van der Waals surface area contributed by atoms with Crippen LogP contribution in [0.3, 0.4) is 0 Å². The minimum atomic E-state index is -3.77. The lowest BCUT2D eigenvalue weighted by Crippen LogP contribution is -2.49. The van der Waals surface area contributed by atoms with Crippen LogP contribution in [0.25, 0.3) is 16.6 Å². The number of piperidine rings is 1. The van der Waals surface area contributed by atoms with E-state index in [1.807, 2.05) is 6.92 Å². The van der Waals surface area contributed by atoms with Gasteiger partial charge in [-0.05, 0) is 61.2 Å². The molecule has 0 saturated carbocycles. The Hall–Kier alpha value is -3.57. The second kappa shape index (κ2) is 9.14. The molecule has 0 bridgehead atoms. The van der Waals surface area contributed by atoms with Gasteiger partial charge in [-0.15, -0.1) is 0 Å². The minimum Gasteiger partial charge on any atom is -0.481 e. The van der Waals surface area contributed by atoms with Crippen LogP contribution in [0.4, 0.5) is 4.39 Å². The molecule has 0 atom stereocenters. The normalized spacial score (nSPS) is 16.4. The van der Waals surface area contributed by atoms with E-state index in [9.17, 15) is 22.7 Å². The lowest BCUT2D eigenvalue weighted by Gasteiger charge is -2.38. The molecule has 2 aromatic heterocycles. The molecule has 9 nitrogen and oxygen atoms in total. The Morgan fingerprint density at radius 2 is 1.81 bits per heavy atom. The summed E-state index contributed by atoms with van der Waals surface area (Å²) < 4.78 is 44.2. The zero-order chi connectivity index (χ0) is 25.5. The molecular formula is C25H26FN5O4S. The van der Waals surface area contributed by atoms with Crippen molar-refractivity contribution in [1.29, 1.82) is 0 Å². The van der Waals surface area contributed by atoms with Crippen molar-refractivity contribution >= 4 is 26.9 Å². The van der Waals surface area contributed by atoms with Gasteiger partial charge in [0.15, 0.2) is 0 Å². The fraction of sp³-hybridized carbons (Fsp3) is 0.320. The van der Waals surface area contributed by atoms with Gasteiger partial charge in [-0.25, -0.2) is 17.5 Å². The van der Waals surface area contributed by atoms with Crippen molar-refractivity contribution in [2.24, 2.45) is 0 Å². The van der Waals surface area contributed by atoms with Crippen LogP contribution < -0.4 is 0 Å². The summed E-state index contributed by atoms with van der Waals surface area (Å²) >= 11 is 0. The highest BCUT2D eigenvalue weighted by Crippen LogP contribution is 2.39. The van der Waals surface area contributed by atoms with Crippen LogP contribution in [0, 0.1) is 5.82 Å². The Morgan fingerprint density at radius 1 is 1.08 bits per heavy atom. The first-order valence-corrected chi connectivity index (χ1v) is 13.2. The molecule has 11 heteroatoms. The Labute approximate surface area is 207 Å². The molecule has 0 aliphatic carbocycles. The predicted octanol–water partition coefficient (Wildman–Crippen LogP) is 3.58. The van der Waals surface area contributed by atoms with E-state index in [2.05, 4.69) is 10.2 Å². The average molecular weight is 512 g/mol. The van der Waals surface area contributed by atoms with Gasteiger partial charge in [0.25, 0.3) is 0 Å². The van der Waals surface area contributed by atoms with Crippen molar-refractivity contribution in [1.82, 2.24) is 23.9 Å². The second-order valence-corrected chi connectivity index (χ2v) is 11.0. The number of halogens is 1. The molecular weight excluding hydrogens is 485 g/mol. The predicted molar refractivity (Wildman–Crippen MR) is 131 cm³/mol. The molecule has 0 amide bonds. The van der Waals surface area contributed by atoms with E-state index in [0.29, 0.717) is 17.8 Å². The van der Waals surface area contributed by atoms with Crippen molar-refractivity contribution in [3.63, 3.8) is 0 Å². The van der Waals surface area contributed by atoms with Crippen molar-refractivity contribution < 1.29 is 22.7 Å². The number of hydrogen-bond donors (Lipinski definition) is 1. The molecule has 0 spiro atoms. The summed E-state index contributed by atoms with van der Waals surface area (Å²) in [5.74, 6) is -1.33. The van der Waals surface area contributed by atoms with Crippen LogP contribution in [0.2, 0.25) is 0 Å². The van der Waals surface area contributed by atoms with Gasteiger partial charge in [-0.2, -0.15) is 14.5 Å². The molecule has 3 heterocycles. The van der Waals surface area contributed by atoms with Crippen LogP contribution in [0.1, 0.15) is 31.7 Å². The fourth-order valence-corrected chi connectivity index (χ4v) is 6.23. The zero-order valence-electron chi connectivity index (χ0n) is 19.7. The molecule has 188 valence electrons. The number of sulfonamides is 1. The first-order valence-electron chi connectivity index (χ1n) is 11.7. The number of aromatic nitrogens is 4. The van der Waals surface area contributed by atoms with E-state index >= 15 is 0 Å². The highest BCUT2D eigenvalue weighted by Gasteiger charge is 2.45. The molecule has 0 radical (unpaired) electrons. The van der Waals surface area contributed by atoms with Gasteiger partial charge in [0.05, 0.1) is 29.0 Å². The Morgan fingerprint density at radius 3 is 2.47 bits per heavy atom. The molecule has 1 aliphatic rings. The van der Waals surface area contributed by atoms with Crippen LogP contribution in [-0.2, 0) is 26.8 Å². The third-order valence-electron chi connectivity index (χ3n) is 6.88. The topological polar surface area (TPSA) is 110 Å². The molecule has 4 aromatic rings. The largest absolute Gasteiger partial charge is 0.481 e. The number of aryl methyl sites for hydroxylation is 1. The maximum Gasteiger partial charge on any atom is 0.314 e. The van der Waals surface area contributed by atoms with Crippen molar-refractivity contribution in [3.8, 4) is 5.69 Å². The number of carboxylic acids is 1. The maximum atomic E-state index is 13.3. The number of aliphatic carboxylic acids is 1. The van der Waals surface area contributed by atoms with Gasteiger partial charge < -0.3 is 5.11 Å². The Balaban J connectivity index is 1.41. The lowest BCUT2D eigenvalue weighted by atomic mass is 9.73. The summed E-state index contributed by atoms with van der Waals surface area (Å²) in [5.41, 5.74) is 0.835. The molecule has 1 N–H and O–H groups in total. The number of fused-ring (bicyclic) bond motifs is 1. The summed E-state index contributed by atoms with van der Waals surface area (Å²) in [6.45, 7) is 2.77. The monoisotopic (exact) mass is 511 g/mol. The number of rotatable bonds is 7. The lowest BCUT2D eigenvalue weighted by molar-refractivity contribution is -0.145. The molecule has 0 unspecified atom stereocenters. The van der Waals surface area contributed by atoms with Gasteiger partial charge in [-0.1, -0.05) is 13.0 Å². The van der Waals surface area contributed by atoms with Crippen molar-refractivity contribution in [2.75, 3.05) is 13.1 Å². The number of carbonyl (C=O) groups is 1. The minimum absolute atomic E-state index is 0.0838. The van der Waals surface area contributed by atoms with Crippen LogP contribution in [-0.4, -0.2) is 56.4 Å². The van der Waals surface area contributed by atoms with Gasteiger partial charge in [0.1, 0.15) is 10.7 Å². The van der Waals surface area contributed by atoms with Crippen LogP contribution >= 0.6 is 0 Å². The van der Waals surface area contributed by atoms with E-state index in [-0.39, 0.29) is 36.6 Å². The van der Waals surface area contributed by atoms with E-state index in [0.717, 1.165) is 17.3 Å². The fourth-order valence-electron chi connectivity index (χ4n) is 4.83. The highest BCUT2D eigenvalue weighted by atomic mass is 32.2. The van der Waals surface area contributed by atoms with Crippen molar-refractivity contribution in [2.45, 2.75) is 43.0 Å². The summed E-state index contributed by atoms with van der Waals surface area (Å²) in [6.07, 6.45) is 5.62. The second-order valence-electron chi connectivity index (χ2n) is 9.04. The molecule has 1 aliphatic heterocycles. The molecule has 1 fully saturated rings. The smallest absolute Gasteiger partial charge is 0.314 e. The molecule has 1 saturated heterocycles. The number of hydrogen-bond acceptors (Lipinski definition) is 5. The SMILES string of the molecule is CCCn1cc(S(=O)(=O)N2CCC(C(=O)O)(c3ccc4c(cnn4-c4ccc(F)cc4)c3)CC2)cn1. The quantitative estimate of drug-likeness (QED) is 0.406. The average Bonchev–Trinajstić information content (AvgIpc) is 3.52. The van der Waals surface area contributed by atoms with Crippen molar-refractivity contribution in [3.05, 3.63) is 72.4 Å². The van der Waals surface area contributed by atoms with E-state index < -0.39 is 21.4 Å². The maximum absolute atomic E-state index is 13.3. The van der Waals surface area contributed by atoms with Gasteiger partial charge in [0, 0.05) is 31.2 Å². The van der Waals surface area contributed by atoms with Gasteiger partial charge in [-0.3, -0.25) is 9.48 Å². The third kappa shape index (κ3) is 4.07. The summed E-state index contributed by atoms with van der Waals surface area (Å²) in [7, 11) is -3.77. The number of nitrogens with zero attached hydrogens (tertiary/aromatic N) is 5. The summed E-state index contributed by atoms with van der Waals surface area (Å²) in [6, 6.07) is 11.3. The van der Waals surface area contributed by atoms with E-state index in [1.165, 1.54) is 28.8 Å². The number of carboxylic acid groups (broad SMARTS) is 1. The van der Waals surface area contributed by atoms with E-state index in [1.54, 1.807) is 45.9 Å². The third-order valence-corrected chi connectivity index (χ3v) is 8.73. The Bertz CT molecular complexity index is 1520. The van der Waals surface area contributed by atoms with Gasteiger partial charge >= 0.3 is 5.97 Å². The van der Waals surface area contributed by atoms with E-state index in [4.69, 9.17) is 0 Å². The summed E-state index contributed by atoms with van der Waals surface area (Å²) in [5, 5.41) is 19.5. The standard InChI is InChI=1S/C25H26FN5O4S/c1-2-11-29-17-22(16-27-29)36(34,35)30-12-9-25(10-13-30,24(32)33)19-3-8-23-18(14-19)15-28-31(23)21-6-4-20(26)5-7-21/h3-8,14-17H,2,9-13H2,1H3,(H,32,33). The number of benzene rings is 2. The highest BCUT2D eigenvalue weighted by molar-refractivity contribution is 7.89. The van der Waals surface area contributed by atoms with Gasteiger partial charge in [0.2, 0.25) is 10.0 Å². The zero-order valence-corrected chi connectivity index (χ0v) is 20.5. The first-order chi connectivity index (χ1) is 17.2.